The van der Waals surface area contributed by atoms with E-state index in [4.69, 9.17) is 23.2 Å². The molecule has 0 saturated carbocycles. The maximum Gasteiger partial charge on any atom is 0.104 e. The molecule has 5 heteroatoms. The number of para-hydroxylation sites is 1. The molecule has 0 aliphatic carbocycles. The van der Waals surface area contributed by atoms with Gasteiger partial charge in [0.05, 0.1) is 22.4 Å². The lowest BCUT2D eigenvalue weighted by Crippen LogP contribution is -1.96. The largest absolute Gasteiger partial charge is 0.218 e. The van der Waals surface area contributed by atoms with Crippen molar-refractivity contribution in [2.45, 2.75) is 0 Å². The van der Waals surface area contributed by atoms with Crippen molar-refractivity contribution in [1.29, 1.82) is 0 Å². The Labute approximate surface area is 84.9 Å². The smallest absolute Gasteiger partial charge is 0.104 e. The summed E-state index contributed by atoms with van der Waals surface area (Å²) in [4.78, 5) is 0. The van der Waals surface area contributed by atoms with Crippen molar-refractivity contribution in [1.82, 2.24) is 15.0 Å². The zero-order chi connectivity index (χ0) is 9.26. The number of halogens is 2. The fourth-order valence-corrected chi connectivity index (χ4v) is 1.61. The van der Waals surface area contributed by atoms with Gasteiger partial charge in [-0.3, -0.25) is 0 Å². The zero-order valence-corrected chi connectivity index (χ0v) is 8.00. The highest BCUT2D eigenvalue weighted by Gasteiger charge is 2.07. The molecule has 13 heavy (non-hydrogen) atoms. The average Bonchev–Trinajstić information content (AvgIpc) is 2.57. The van der Waals surface area contributed by atoms with Gasteiger partial charge >= 0.3 is 0 Å². The molecule has 66 valence electrons. The predicted octanol–water partition coefficient (Wildman–Crippen LogP) is 2.57. The van der Waals surface area contributed by atoms with E-state index in [1.54, 1.807) is 30.6 Å². The summed E-state index contributed by atoms with van der Waals surface area (Å²) >= 11 is 11.9. The molecule has 1 heterocycles. The normalized spacial score (nSPS) is 10.3. The second-order valence-corrected chi connectivity index (χ2v) is 3.23. The van der Waals surface area contributed by atoms with E-state index in [1.165, 1.54) is 4.68 Å². The van der Waals surface area contributed by atoms with E-state index in [2.05, 4.69) is 10.3 Å². The van der Waals surface area contributed by atoms with Crippen LogP contribution < -0.4 is 0 Å². The molecule has 0 fully saturated rings. The standard InChI is InChI=1S/C8H5Cl2N3/c9-6-2-1-3-7(10)8(6)13-5-4-11-12-13/h1-5H. The maximum atomic E-state index is 5.95. The van der Waals surface area contributed by atoms with Crippen molar-refractivity contribution in [2.75, 3.05) is 0 Å². The lowest BCUT2D eigenvalue weighted by Gasteiger charge is -2.04. The second kappa shape index (κ2) is 3.36. The summed E-state index contributed by atoms with van der Waals surface area (Å²) in [5.41, 5.74) is 0.656. The van der Waals surface area contributed by atoms with Crippen LogP contribution >= 0.6 is 23.2 Å². The molecule has 0 saturated heterocycles. The Morgan fingerprint density at radius 1 is 1.15 bits per heavy atom. The Morgan fingerprint density at radius 3 is 2.38 bits per heavy atom. The summed E-state index contributed by atoms with van der Waals surface area (Å²) in [5, 5.41) is 8.59. The molecule has 3 nitrogen and oxygen atoms in total. The number of rotatable bonds is 1. The van der Waals surface area contributed by atoms with Crippen LogP contribution in [0.5, 0.6) is 0 Å². The van der Waals surface area contributed by atoms with Gasteiger partial charge in [-0.05, 0) is 12.1 Å². The number of nitrogens with zero attached hydrogens (tertiary/aromatic N) is 3. The van der Waals surface area contributed by atoms with E-state index in [0.717, 1.165) is 0 Å². The molecule has 1 aromatic heterocycles. The highest BCUT2D eigenvalue weighted by Crippen LogP contribution is 2.26. The predicted molar refractivity (Wildman–Crippen MR) is 51.4 cm³/mol. The summed E-state index contributed by atoms with van der Waals surface area (Å²) in [6.07, 6.45) is 3.26. The van der Waals surface area contributed by atoms with Crippen LogP contribution in [0.2, 0.25) is 10.0 Å². The number of hydrogen-bond donors (Lipinski definition) is 0. The van der Waals surface area contributed by atoms with Gasteiger partial charge in [-0.1, -0.05) is 34.5 Å². The topological polar surface area (TPSA) is 30.7 Å². The van der Waals surface area contributed by atoms with Crippen LogP contribution in [0.1, 0.15) is 0 Å². The lowest BCUT2D eigenvalue weighted by molar-refractivity contribution is 0.803. The van der Waals surface area contributed by atoms with E-state index in [0.29, 0.717) is 15.7 Å². The molecule has 0 atom stereocenters. The van der Waals surface area contributed by atoms with E-state index >= 15 is 0 Å². The molecule has 0 unspecified atom stereocenters. The first-order valence-corrected chi connectivity index (χ1v) is 4.35. The summed E-state index contributed by atoms with van der Waals surface area (Å²) in [6.45, 7) is 0. The van der Waals surface area contributed by atoms with Gasteiger partial charge in [0.15, 0.2) is 0 Å². The first-order chi connectivity index (χ1) is 6.29. The zero-order valence-electron chi connectivity index (χ0n) is 6.48. The third kappa shape index (κ3) is 1.53. The van der Waals surface area contributed by atoms with E-state index in [1.807, 2.05) is 0 Å². The van der Waals surface area contributed by atoms with Gasteiger partial charge in [-0.2, -0.15) is 0 Å². The minimum atomic E-state index is 0.554. The van der Waals surface area contributed by atoms with Gasteiger partial charge in [-0.15, -0.1) is 5.10 Å². The number of hydrogen-bond acceptors (Lipinski definition) is 2. The Morgan fingerprint density at radius 2 is 1.85 bits per heavy atom. The SMILES string of the molecule is Clc1cccc(Cl)c1-n1ccnn1. The Hall–Kier alpha value is -1.06. The fourth-order valence-electron chi connectivity index (χ4n) is 1.04. The van der Waals surface area contributed by atoms with E-state index in [9.17, 15) is 0 Å². The Bertz CT molecular complexity index is 391. The fraction of sp³-hybridized carbons (Fsp3) is 0. The quantitative estimate of drug-likeness (QED) is 0.730. The molecule has 2 rings (SSSR count). The third-order valence-corrected chi connectivity index (χ3v) is 2.20. The van der Waals surface area contributed by atoms with Gasteiger partial charge < -0.3 is 0 Å². The van der Waals surface area contributed by atoms with Crippen molar-refractivity contribution in [3.8, 4) is 5.69 Å². The highest BCUT2D eigenvalue weighted by molar-refractivity contribution is 6.37. The molecule has 0 radical (unpaired) electrons. The van der Waals surface area contributed by atoms with Crippen molar-refractivity contribution < 1.29 is 0 Å². The maximum absolute atomic E-state index is 5.95. The minimum Gasteiger partial charge on any atom is -0.218 e. The second-order valence-electron chi connectivity index (χ2n) is 2.42. The molecule has 1 aromatic carbocycles. The molecule has 0 aliphatic heterocycles. The summed E-state index contributed by atoms with van der Waals surface area (Å²) < 4.78 is 1.53. The number of benzene rings is 1. The first-order valence-electron chi connectivity index (χ1n) is 3.60. The van der Waals surface area contributed by atoms with Crippen molar-refractivity contribution in [2.24, 2.45) is 0 Å². The Balaban J connectivity index is 2.64. The molecule has 0 bridgehead atoms. The van der Waals surface area contributed by atoms with Crippen LogP contribution in [-0.4, -0.2) is 15.0 Å². The van der Waals surface area contributed by atoms with Crippen LogP contribution in [0, 0.1) is 0 Å². The summed E-state index contributed by atoms with van der Waals surface area (Å²) in [7, 11) is 0. The van der Waals surface area contributed by atoms with Crippen molar-refractivity contribution in [3.63, 3.8) is 0 Å². The Kier molecular flexibility index (Phi) is 2.20. The van der Waals surface area contributed by atoms with E-state index in [-0.39, 0.29) is 0 Å². The van der Waals surface area contributed by atoms with Crippen LogP contribution in [0.15, 0.2) is 30.6 Å². The van der Waals surface area contributed by atoms with Gasteiger partial charge in [-0.25, -0.2) is 4.68 Å². The molecular formula is C8H5Cl2N3. The minimum absolute atomic E-state index is 0.554. The van der Waals surface area contributed by atoms with E-state index < -0.39 is 0 Å². The van der Waals surface area contributed by atoms with Gasteiger partial charge in [0.25, 0.3) is 0 Å². The molecular weight excluding hydrogens is 209 g/mol. The molecule has 2 aromatic rings. The van der Waals surface area contributed by atoms with Gasteiger partial charge in [0.1, 0.15) is 5.69 Å². The number of aromatic nitrogens is 3. The third-order valence-electron chi connectivity index (χ3n) is 1.59. The molecule has 0 N–H and O–H groups in total. The molecule has 0 aliphatic rings. The highest BCUT2D eigenvalue weighted by atomic mass is 35.5. The first kappa shape index (κ1) is 8.53. The van der Waals surface area contributed by atoms with Crippen LogP contribution in [0.4, 0.5) is 0 Å². The van der Waals surface area contributed by atoms with Crippen molar-refractivity contribution in [3.05, 3.63) is 40.6 Å². The summed E-state index contributed by atoms with van der Waals surface area (Å²) in [5.74, 6) is 0. The average molecular weight is 214 g/mol. The summed E-state index contributed by atoms with van der Waals surface area (Å²) in [6, 6.07) is 5.29. The van der Waals surface area contributed by atoms with Gasteiger partial charge in [0, 0.05) is 0 Å². The molecule has 0 amide bonds. The molecule has 0 spiro atoms. The van der Waals surface area contributed by atoms with Crippen LogP contribution in [0.25, 0.3) is 5.69 Å². The van der Waals surface area contributed by atoms with Crippen LogP contribution in [-0.2, 0) is 0 Å². The monoisotopic (exact) mass is 213 g/mol. The van der Waals surface area contributed by atoms with Crippen molar-refractivity contribution >= 4 is 23.2 Å². The lowest BCUT2D eigenvalue weighted by atomic mass is 10.3. The van der Waals surface area contributed by atoms with Gasteiger partial charge in [0.2, 0.25) is 0 Å². The van der Waals surface area contributed by atoms with Crippen LogP contribution in [0.3, 0.4) is 0 Å².